The van der Waals surface area contributed by atoms with Crippen LogP contribution in [-0.2, 0) is 11.2 Å². The molecule has 2 aromatic carbocycles. The molecule has 0 radical (unpaired) electrons. The third-order valence-electron chi connectivity index (χ3n) is 6.70. The third-order valence-corrected chi connectivity index (χ3v) is 7.01. The van der Waals surface area contributed by atoms with Crippen molar-refractivity contribution >= 4 is 29.0 Å². The predicted molar refractivity (Wildman–Crippen MR) is 118 cm³/mol. The van der Waals surface area contributed by atoms with Gasteiger partial charge in [0, 0.05) is 24.7 Å². The highest BCUT2D eigenvalue weighted by molar-refractivity contribution is 6.32. The number of nitriles is 1. The molecule has 1 aliphatic carbocycles. The Labute approximate surface area is 185 Å². The molecular weight excluding hydrogens is 414 g/mol. The van der Waals surface area contributed by atoms with Crippen LogP contribution in [0.3, 0.4) is 0 Å². The molecule has 2 aliphatic heterocycles. The molecule has 7 heteroatoms. The minimum absolute atomic E-state index is 0.190. The van der Waals surface area contributed by atoms with E-state index in [0.717, 1.165) is 61.4 Å². The largest absolute Gasteiger partial charge is 0.478 e. The van der Waals surface area contributed by atoms with Gasteiger partial charge in [0.15, 0.2) is 0 Å². The summed E-state index contributed by atoms with van der Waals surface area (Å²) in [4.78, 5) is 11.4. The number of hydrazone groups is 1. The van der Waals surface area contributed by atoms with Gasteiger partial charge in [0.1, 0.15) is 6.07 Å². The van der Waals surface area contributed by atoms with Gasteiger partial charge in [0.05, 0.1) is 33.6 Å². The summed E-state index contributed by atoms with van der Waals surface area (Å²) >= 11 is 6.35. The first-order valence-electron chi connectivity index (χ1n) is 10.6. The first kappa shape index (κ1) is 20.0. The number of nitrogens with zero attached hydrogens (tertiary/aromatic N) is 3. The van der Waals surface area contributed by atoms with Crippen LogP contribution in [0.5, 0.6) is 0 Å². The molecule has 0 amide bonds. The molecule has 5 rings (SSSR count). The summed E-state index contributed by atoms with van der Waals surface area (Å²) in [6, 6.07) is 13.1. The standard InChI is InChI=1S/C24H22ClN3O3/c25-21-12-18(4-1-17(21)13-26)28-23(14-7-9-31-10-8-14)20-6-2-15-11-16(24(29)30)3-5-19(15)22(20)27-28/h1,3-5,11-12,14,20,23H,2,6-10H2,(H,29,30). The number of fused-ring (bicyclic) bond motifs is 3. The van der Waals surface area contributed by atoms with E-state index in [1.807, 2.05) is 18.2 Å². The highest BCUT2D eigenvalue weighted by Crippen LogP contribution is 2.43. The second kappa shape index (κ2) is 7.99. The fourth-order valence-corrected chi connectivity index (χ4v) is 5.41. The third kappa shape index (κ3) is 3.48. The van der Waals surface area contributed by atoms with Gasteiger partial charge in [-0.25, -0.2) is 4.79 Å². The molecule has 0 bridgehead atoms. The van der Waals surface area contributed by atoms with Crippen molar-refractivity contribution < 1.29 is 14.6 Å². The molecule has 2 aromatic rings. The molecule has 31 heavy (non-hydrogen) atoms. The lowest BCUT2D eigenvalue weighted by atomic mass is 9.73. The van der Waals surface area contributed by atoms with E-state index in [0.29, 0.717) is 22.1 Å². The van der Waals surface area contributed by atoms with Crippen LogP contribution in [0.15, 0.2) is 41.5 Å². The van der Waals surface area contributed by atoms with Crippen molar-refractivity contribution in [2.45, 2.75) is 31.7 Å². The maximum atomic E-state index is 11.4. The Morgan fingerprint density at radius 2 is 2.00 bits per heavy atom. The van der Waals surface area contributed by atoms with Gasteiger partial charge in [0.25, 0.3) is 0 Å². The molecule has 0 aromatic heterocycles. The number of carboxylic acids is 1. The lowest BCUT2D eigenvalue weighted by Crippen LogP contribution is -2.43. The van der Waals surface area contributed by atoms with Crippen LogP contribution in [0.1, 0.15) is 46.3 Å². The van der Waals surface area contributed by atoms with Crippen molar-refractivity contribution in [2.24, 2.45) is 16.9 Å². The zero-order valence-electron chi connectivity index (χ0n) is 16.9. The summed E-state index contributed by atoms with van der Waals surface area (Å²) in [6.45, 7) is 1.51. The number of benzene rings is 2. The van der Waals surface area contributed by atoms with Crippen molar-refractivity contribution in [1.82, 2.24) is 0 Å². The first-order chi connectivity index (χ1) is 15.1. The number of carboxylic acid groups (broad SMARTS) is 1. The van der Waals surface area contributed by atoms with E-state index in [1.54, 1.807) is 18.2 Å². The maximum absolute atomic E-state index is 11.4. The molecule has 1 N–H and O–H groups in total. The molecule has 2 heterocycles. The second-order valence-electron chi connectivity index (χ2n) is 8.37. The number of hydrogen-bond acceptors (Lipinski definition) is 5. The summed E-state index contributed by atoms with van der Waals surface area (Å²) in [5, 5.41) is 26.2. The van der Waals surface area contributed by atoms with Gasteiger partial charge in [0.2, 0.25) is 0 Å². The normalized spacial score (nSPS) is 23.0. The van der Waals surface area contributed by atoms with Crippen molar-refractivity contribution in [3.8, 4) is 6.07 Å². The number of carbonyl (C=O) groups is 1. The van der Waals surface area contributed by atoms with E-state index in [-0.39, 0.29) is 12.0 Å². The number of hydrogen-bond donors (Lipinski definition) is 1. The molecule has 0 spiro atoms. The number of anilines is 1. The highest BCUT2D eigenvalue weighted by Gasteiger charge is 2.45. The number of ether oxygens (including phenoxy) is 1. The van der Waals surface area contributed by atoms with Crippen molar-refractivity contribution in [2.75, 3.05) is 18.2 Å². The SMILES string of the molecule is N#Cc1ccc(N2N=C3c4ccc(C(=O)O)cc4CCC3C2C2CCOCC2)cc1Cl. The molecule has 1 fully saturated rings. The van der Waals surface area contributed by atoms with Crippen molar-refractivity contribution in [3.63, 3.8) is 0 Å². The fraction of sp³-hybridized carbons (Fsp3) is 0.375. The lowest BCUT2D eigenvalue weighted by molar-refractivity contribution is 0.0543. The quantitative estimate of drug-likeness (QED) is 0.767. The Balaban J connectivity index is 1.58. The average molecular weight is 436 g/mol. The number of aryl methyl sites for hydroxylation is 1. The molecular formula is C24H22ClN3O3. The fourth-order valence-electron chi connectivity index (χ4n) is 5.20. The van der Waals surface area contributed by atoms with E-state index < -0.39 is 5.97 Å². The molecule has 3 aliphatic rings. The average Bonchev–Trinajstić information content (AvgIpc) is 3.19. The highest BCUT2D eigenvalue weighted by atomic mass is 35.5. The van der Waals surface area contributed by atoms with E-state index >= 15 is 0 Å². The van der Waals surface area contributed by atoms with Gasteiger partial charge in [-0.05, 0) is 67.5 Å². The Morgan fingerprint density at radius 3 is 2.71 bits per heavy atom. The zero-order chi connectivity index (χ0) is 21.5. The summed E-state index contributed by atoms with van der Waals surface area (Å²) in [5.74, 6) is -0.206. The molecule has 1 saturated heterocycles. The lowest BCUT2D eigenvalue weighted by Gasteiger charge is -2.37. The maximum Gasteiger partial charge on any atom is 0.335 e. The van der Waals surface area contributed by atoms with Gasteiger partial charge in [-0.3, -0.25) is 5.01 Å². The Bertz CT molecular complexity index is 1120. The predicted octanol–water partition coefficient (Wildman–Crippen LogP) is 4.49. The van der Waals surface area contributed by atoms with Crippen LogP contribution in [0, 0.1) is 23.2 Å². The van der Waals surface area contributed by atoms with Crippen molar-refractivity contribution in [1.29, 1.82) is 5.26 Å². The van der Waals surface area contributed by atoms with E-state index in [1.165, 1.54) is 0 Å². The Morgan fingerprint density at radius 1 is 1.19 bits per heavy atom. The molecule has 2 atom stereocenters. The van der Waals surface area contributed by atoms with Crippen LogP contribution in [0.2, 0.25) is 5.02 Å². The van der Waals surface area contributed by atoms with Gasteiger partial charge < -0.3 is 9.84 Å². The molecule has 6 nitrogen and oxygen atoms in total. The molecule has 2 unspecified atom stereocenters. The summed E-state index contributed by atoms with van der Waals surface area (Å²) < 4.78 is 5.61. The smallest absolute Gasteiger partial charge is 0.335 e. The van der Waals surface area contributed by atoms with Gasteiger partial charge in [-0.15, -0.1) is 0 Å². The van der Waals surface area contributed by atoms with Gasteiger partial charge in [-0.1, -0.05) is 17.7 Å². The van der Waals surface area contributed by atoms with Crippen LogP contribution in [0.25, 0.3) is 0 Å². The minimum Gasteiger partial charge on any atom is -0.478 e. The summed E-state index contributed by atoms with van der Waals surface area (Å²) in [5.41, 5.74) is 4.75. The zero-order valence-corrected chi connectivity index (χ0v) is 17.7. The molecule has 158 valence electrons. The minimum atomic E-state index is -0.910. The number of rotatable bonds is 3. The van der Waals surface area contributed by atoms with Crippen LogP contribution in [0.4, 0.5) is 5.69 Å². The second-order valence-corrected chi connectivity index (χ2v) is 8.78. The summed E-state index contributed by atoms with van der Waals surface area (Å²) in [6.07, 6.45) is 3.73. The topological polar surface area (TPSA) is 85.9 Å². The summed E-state index contributed by atoms with van der Waals surface area (Å²) in [7, 11) is 0. The van der Waals surface area contributed by atoms with Gasteiger partial charge in [-0.2, -0.15) is 10.4 Å². The van der Waals surface area contributed by atoms with Crippen LogP contribution < -0.4 is 5.01 Å². The monoisotopic (exact) mass is 435 g/mol. The van der Waals surface area contributed by atoms with E-state index in [9.17, 15) is 15.2 Å². The van der Waals surface area contributed by atoms with E-state index in [2.05, 4.69) is 11.1 Å². The van der Waals surface area contributed by atoms with Crippen molar-refractivity contribution in [3.05, 3.63) is 63.7 Å². The number of halogens is 1. The Kier molecular flexibility index (Phi) is 5.17. The van der Waals surface area contributed by atoms with Crippen LogP contribution >= 0.6 is 11.6 Å². The Hall–Kier alpha value is -2.88. The first-order valence-corrected chi connectivity index (χ1v) is 11.0. The molecule has 0 saturated carbocycles. The van der Waals surface area contributed by atoms with Crippen LogP contribution in [-0.4, -0.2) is 36.0 Å². The number of aromatic carboxylic acids is 1. The van der Waals surface area contributed by atoms with E-state index in [4.69, 9.17) is 21.4 Å². The van der Waals surface area contributed by atoms with Gasteiger partial charge >= 0.3 is 5.97 Å².